The lowest BCUT2D eigenvalue weighted by molar-refractivity contribution is -0.147. The Balaban J connectivity index is 1.92. The first-order valence-corrected chi connectivity index (χ1v) is 7.09. The van der Waals surface area contributed by atoms with Crippen LogP contribution in [0.3, 0.4) is 0 Å². The summed E-state index contributed by atoms with van der Waals surface area (Å²) in [5.74, 6) is -0.193. The van der Waals surface area contributed by atoms with E-state index in [1.165, 1.54) is 7.11 Å². The van der Waals surface area contributed by atoms with Crippen LogP contribution in [-0.4, -0.2) is 44.5 Å². The van der Waals surface area contributed by atoms with E-state index in [-0.39, 0.29) is 17.3 Å². The molecule has 21 heavy (non-hydrogen) atoms. The van der Waals surface area contributed by atoms with Crippen LogP contribution in [0.15, 0.2) is 24.3 Å². The molecule has 2 rings (SSSR count). The number of benzene rings is 1. The standard InChI is InChI=1S/C16H22N2O3/c1-17-14(19)13-6-4-12(5-7-13)10-18(2)11-16(8-9-16)15(20)21-3/h4-7H,8-11H2,1-3H3,(H,17,19). The second-order valence-corrected chi connectivity index (χ2v) is 5.72. The second kappa shape index (κ2) is 6.26. The topological polar surface area (TPSA) is 58.6 Å². The van der Waals surface area contributed by atoms with Gasteiger partial charge in [-0.2, -0.15) is 0 Å². The molecule has 5 nitrogen and oxygen atoms in total. The molecule has 0 bridgehead atoms. The molecule has 1 aromatic rings. The van der Waals surface area contributed by atoms with Crippen molar-refractivity contribution in [2.75, 3.05) is 27.7 Å². The van der Waals surface area contributed by atoms with Gasteiger partial charge in [0.2, 0.25) is 0 Å². The van der Waals surface area contributed by atoms with E-state index in [4.69, 9.17) is 4.74 Å². The molecule has 1 N–H and O–H groups in total. The lowest BCUT2D eigenvalue weighted by Gasteiger charge is -2.22. The lowest BCUT2D eigenvalue weighted by Crippen LogP contribution is -2.32. The lowest BCUT2D eigenvalue weighted by atomic mass is 10.1. The third-order valence-corrected chi connectivity index (χ3v) is 3.94. The Morgan fingerprint density at radius 1 is 1.29 bits per heavy atom. The van der Waals surface area contributed by atoms with Gasteiger partial charge in [-0.05, 0) is 37.6 Å². The van der Waals surface area contributed by atoms with E-state index in [1.807, 2.05) is 31.3 Å². The van der Waals surface area contributed by atoms with Crippen LogP contribution in [0.5, 0.6) is 0 Å². The number of hydrogen-bond donors (Lipinski definition) is 1. The maximum atomic E-state index is 11.7. The Bertz CT molecular complexity index is 521. The summed E-state index contributed by atoms with van der Waals surface area (Å²) in [7, 11) is 5.06. The predicted octanol–water partition coefficient (Wildman–Crippen LogP) is 1.43. The smallest absolute Gasteiger partial charge is 0.313 e. The number of amides is 1. The Labute approximate surface area is 125 Å². The highest BCUT2D eigenvalue weighted by Gasteiger charge is 2.51. The zero-order chi connectivity index (χ0) is 15.5. The fraction of sp³-hybridized carbons (Fsp3) is 0.500. The van der Waals surface area contributed by atoms with Crippen LogP contribution in [0.25, 0.3) is 0 Å². The van der Waals surface area contributed by atoms with Crippen LogP contribution in [0.2, 0.25) is 0 Å². The van der Waals surface area contributed by atoms with Crippen molar-refractivity contribution in [1.29, 1.82) is 0 Å². The average molecular weight is 290 g/mol. The summed E-state index contributed by atoms with van der Waals surface area (Å²) in [6, 6.07) is 7.52. The fourth-order valence-electron chi connectivity index (χ4n) is 2.58. The van der Waals surface area contributed by atoms with Crippen LogP contribution < -0.4 is 5.32 Å². The van der Waals surface area contributed by atoms with E-state index >= 15 is 0 Å². The molecule has 0 radical (unpaired) electrons. The highest BCUT2D eigenvalue weighted by atomic mass is 16.5. The van der Waals surface area contributed by atoms with Crippen molar-refractivity contribution in [3.8, 4) is 0 Å². The predicted molar refractivity (Wildman–Crippen MR) is 79.8 cm³/mol. The molecule has 1 aliphatic carbocycles. The number of methoxy groups -OCH3 is 1. The van der Waals surface area contributed by atoms with Gasteiger partial charge in [-0.3, -0.25) is 9.59 Å². The van der Waals surface area contributed by atoms with Crippen molar-refractivity contribution >= 4 is 11.9 Å². The number of hydrogen-bond acceptors (Lipinski definition) is 4. The molecule has 0 saturated heterocycles. The van der Waals surface area contributed by atoms with Gasteiger partial charge in [0, 0.05) is 25.7 Å². The minimum Gasteiger partial charge on any atom is -0.469 e. The number of carbonyl (C=O) groups excluding carboxylic acids is 2. The molecule has 1 aliphatic rings. The third kappa shape index (κ3) is 3.61. The quantitative estimate of drug-likeness (QED) is 0.805. The third-order valence-electron chi connectivity index (χ3n) is 3.94. The summed E-state index contributed by atoms with van der Waals surface area (Å²) in [5, 5.41) is 2.60. The van der Waals surface area contributed by atoms with E-state index in [2.05, 4.69) is 10.2 Å². The van der Waals surface area contributed by atoms with E-state index in [0.717, 1.165) is 24.9 Å². The van der Waals surface area contributed by atoms with Crippen molar-refractivity contribution in [1.82, 2.24) is 10.2 Å². The van der Waals surface area contributed by atoms with Gasteiger partial charge in [-0.25, -0.2) is 0 Å². The van der Waals surface area contributed by atoms with Gasteiger partial charge in [0.15, 0.2) is 0 Å². The first-order valence-electron chi connectivity index (χ1n) is 7.09. The van der Waals surface area contributed by atoms with E-state index in [9.17, 15) is 9.59 Å². The Morgan fingerprint density at radius 2 is 1.90 bits per heavy atom. The summed E-state index contributed by atoms with van der Waals surface area (Å²) in [4.78, 5) is 25.3. The molecule has 0 spiro atoms. The Morgan fingerprint density at radius 3 is 2.38 bits per heavy atom. The van der Waals surface area contributed by atoms with Crippen LogP contribution in [-0.2, 0) is 16.1 Å². The number of esters is 1. The molecule has 0 heterocycles. The van der Waals surface area contributed by atoms with Gasteiger partial charge in [0.1, 0.15) is 0 Å². The SMILES string of the molecule is CNC(=O)c1ccc(CN(C)CC2(C(=O)OC)CC2)cc1. The van der Waals surface area contributed by atoms with Gasteiger partial charge in [0.25, 0.3) is 5.91 Å². The van der Waals surface area contributed by atoms with E-state index in [0.29, 0.717) is 12.1 Å². The summed E-state index contributed by atoms with van der Waals surface area (Å²) in [6.07, 6.45) is 1.80. The van der Waals surface area contributed by atoms with Gasteiger partial charge in [-0.15, -0.1) is 0 Å². The molecule has 0 atom stereocenters. The molecule has 0 aliphatic heterocycles. The van der Waals surface area contributed by atoms with Gasteiger partial charge < -0.3 is 15.0 Å². The number of nitrogens with one attached hydrogen (secondary N) is 1. The van der Waals surface area contributed by atoms with Crippen LogP contribution in [0, 0.1) is 5.41 Å². The number of carbonyl (C=O) groups is 2. The van der Waals surface area contributed by atoms with Gasteiger partial charge in [-0.1, -0.05) is 12.1 Å². The van der Waals surface area contributed by atoms with E-state index < -0.39 is 0 Å². The Hall–Kier alpha value is -1.88. The Kier molecular flexibility index (Phi) is 4.63. The van der Waals surface area contributed by atoms with Crippen molar-refractivity contribution in [2.24, 2.45) is 5.41 Å². The summed E-state index contributed by atoms with van der Waals surface area (Å²) < 4.78 is 4.87. The summed E-state index contributed by atoms with van der Waals surface area (Å²) in [6.45, 7) is 1.45. The maximum Gasteiger partial charge on any atom is 0.313 e. The van der Waals surface area contributed by atoms with Gasteiger partial charge in [0.05, 0.1) is 12.5 Å². The zero-order valence-corrected chi connectivity index (χ0v) is 12.8. The number of nitrogens with zero attached hydrogens (tertiary/aromatic N) is 1. The molecular formula is C16H22N2O3. The highest BCUT2D eigenvalue weighted by Crippen LogP contribution is 2.47. The van der Waals surface area contributed by atoms with Crippen molar-refractivity contribution in [3.05, 3.63) is 35.4 Å². The molecule has 1 fully saturated rings. The molecule has 114 valence electrons. The largest absolute Gasteiger partial charge is 0.469 e. The second-order valence-electron chi connectivity index (χ2n) is 5.72. The highest BCUT2D eigenvalue weighted by molar-refractivity contribution is 5.93. The molecule has 1 amide bonds. The normalized spacial score (nSPS) is 15.6. The number of ether oxygens (including phenoxy) is 1. The first kappa shape index (κ1) is 15.5. The summed E-state index contributed by atoms with van der Waals surface area (Å²) in [5.41, 5.74) is 1.47. The summed E-state index contributed by atoms with van der Waals surface area (Å²) >= 11 is 0. The average Bonchev–Trinajstić information content (AvgIpc) is 3.26. The van der Waals surface area contributed by atoms with Crippen molar-refractivity contribution < 1.29 is 14.3 Å². The monoisotopic (exact) mass is 290 g/mol. The van der Waals surface area contributed by atoms with Crippen LogP contribution >= 0.6 is 0 Å². The van der Waals surface area contributed by atoms with Crippen LogP contribution in [0.4, 0.5) is 0 Å². The minimum atomic E-state index is -0.300. The zero-order valence-electron chi connectivity index (χ0n) is 12.8. The number of rotatable bonds is 6. The molecule has 1 aromatic carbocycles. The van der Waals surface area contributed by atoms with Crippen molar-refractivity contribution in [3.63, 3.8) is 0 Å². The fourth-order valence-corrected chi connectivity index (χ4v) is 2.58. The van der Waals surface area contributed by atoms with Crippen molar-refractivity contribution in [2.45, 2.75) is 19.4 Å². The molecule has 0 unspecified atom stereocenters. The molecule has 5 heteroatoms. The molecule has 0 aromatic heterocycles. The van der Waals surface area contributed by atoms with E-state index in [1.54, 1.807) is 7.05 Å². The first-order chi connectivity index (χ1) is 10.0. The maximum absolute atomic E-state index is 11.7. The molecule has 1 saturated carbocycles. The minimum absolute atomic E-state index is 0.0856. The molecular weight excluding hydrogens is 268 g/mol. The van der Waals surface area contributed by atoms with Crippen LogP contribution in [0.1, 0.15) is 28.8 Å². The van der Waals surface area contributed by atoms with Gasteiger partial charge >= 0.3 is 5.97 Å².